The number of hydrogen-bond acceptors (Lipinski definition) is 3. The number of aromatic nitrogens is 1. The highest BCUT2D eigenvalue weighted by Gasteiger charge is 2.20. The Bertz CT molecular complexity index is 597. The second-order valence-corrected chi connectivity index (χ2v) is 4.65. The van der Waals surface area contributed by atoms with Crippen molar-refractivity contribution in [2.24, 2.45) is 7.05 Å². The first-order chi connectivity index (χ1) is 8.27. The Morgan fingerprint density at radius 2 is 2.06 bits per heavy atom. The van der Waals surface area contributed by atoms with Crippen LogP contribution in [0, 0.1) is 0 Å². The fraction of sp³-hybridized carbons (Fsp3) is 0.462. The number of aryl methyl sites for hydroxylation is 1. The number of oxazole rings is 1. The molecule has 0 aliphatic carbocycles. The van der Waals surface area contributed by atoms with Crippen molar-refractivity contribution in [1.29, 1.82) is 0 Å². The predicted octanol–water partition coefficient (Wildman–Crippen LogP) is 2.02. The number of hydrogen-bond donors (Lipinski definition) is 1. The standard InChI is InChI=1S/C13H16N2O2.ClH/c1-15-12-10(9-5-7-14-8-6-9)3-2-4-11(12)17-13(15)16;/h2-4,9,14H,5-8H2,1H3;1H. The van der Waals surface area contributed by atoms with Crippen molar-refractivity contribution in [3.05, 3.63) is 34.3 Å². The van der Waals surface area contributed by atoms with Gasteiger partial charge in [-0.2, -0.15) is 0 Å². The molecule has 98 valence electrons. The minimum Gasteiger partial charge on any atom is -0.408 e. The van der Waals surface area contributed by atoms with Crippen molar-refractivity contribution in [3.63, 3.8) is 0 Å². The molecule has 0 unspecified atom stereocenters. The first kappa shape index (κ1) is 13.2. The highest BCUT2D eigenvalue weighted by Crippen LogP contribution is 2.30. The molecule has 1 N–H and O–H groups in total. The number of para-hydroxylation sites is 1. The van der Waals surface area contributed by atoms with Gasteiger partial charge in [-0.05, 0) is 43.5 Å². The summed E-state index contributed by atoms with van der Waals surface area (Å²) >= 11 is 0. The van der Waals surface area contributed by atoms with E-state index >= 15 is 0 Å². The topological polar surface area (TPSA) is 47.2 Å². The van der Waals surface area contributed by atoms with Crippen LogP contribution in [0.1, 0.15) is 24.3 Å². The van der Waals surface area contributed by atoms with Gasteiger partial charge >= 0.3 is 5.76 Å². The van der Waals surface area contributed by atoms with Gasteiger partial charge in [-0.25, -0.2) is 4.79 Å². The average molecular weight is 269 g/mol. The number of nitrogens with zero attached hydrogens (tertiary/aromatic N) is 1. The van der Waals surface area contributed by atoms with Gasteiger partial charge in [0.25, 0.3) is 0 Å². The Balaban J connectivity index is 0.00000120. The molecule has 0 spiro atoms. The van der Waals surface area contributed by atoms with E-state index in [2.05, 4.69) is 11.4 Å². The van der Waals surface area contributed by atoms with Crippen LogP contribution in [0.4, 0.5) is 0 Å². The minimum atomic E-state index is -0.276. The lowest BCUT2D eigenvalue weighted by Gasteiger charge is -2.23. The van der Waals surface area contributed by atoms with Crippen LogP contribution >= 0.6 is 12.4 Å². The molecule has 0 radical (unpaired) electrons. The summed E-state index contributed by atoms with van der Waals surface area (Å²) in [6.07, 6.45) is 2.25. The maximum Gasteiger partial charge on any atom is 0.419 e. The molecule has 0 atom stereocenters. The summed E-state index contributed by atoms with van der Waals surface area (Å²) in [5.41, 5.74) is 2.91. The van der Waals surface area contributed by atoms with Gasteiger partial charge in [0.1, 0.15) is 0 Å². The van der Waals surface area contributed by atoms with Crippen LogP contribution in [0.15, 0.2) is 27.4 Å². The second kappa shape index (κ2) is 5.16. The molecule has 4 nitrogen and oxygen atoms in total. The Morgan fingerprint density at radius 3 is 2.78 bits per heavy atom. The Labute approximate surface area is 111 Å². The Morgan fingerprint density at radius 1 is 1.33 bits per heavy atom. The highest BCUT2D eigenvalue weighted by molar-refractivity contribution is 5.85. The molecule has 1 aliphatic rings. The zero-order valence-electron chi connectivity index (χ0n) is 10.3. The molecule has 1 aliphatic heterocycles. The van der Waals surface area contributed by atoms with Crippen molar-refractivity contribution in [1.82, 2.24) is 9.88 Å². The highest BCUT2D eigenvalue weighted by atomic mass is 35.5. The third kappa shape index (κ3) is 2.06. The van der Waals surface area contributed by atoms with E-state index in [1.807, 2.05) is 12.1 Å². The van der Waals surface area contributed by atoms with Crippen LogP contribution in [-0.4, -0.2) is 17.7 Å². The van der Waals surface area contributed by atoms with Gasteiger partial charge in [-0.15, -0.1) is 12.4 Å². The molecule has 3 rings (SSSR count). The Kier molecular flexibility index (Phi) is 3.78. The lowest BCUT2D eigenvalue weighted by molar-refractivity contribution is 0.461. The number of rotatable bonds is 1. The molecule has 0 saturated carbocycles. The number of fused-ring (bicyclic) bond motifs is 1. The molecular weight excluding hydrogens is 252 g/mol. The molecule has 1 fully saturated rings. The van der Waals surface area contributed by atoms with Crippen molar-refractivity contribution in [2.75, 3.05) is 13.1 Å². The van der Waals surface area contributed by atoms with Crippen molar-refractivity contribution in [3.8, 4) is 0 Å². The fourth-order valence-electron chi connectivity index (χ4n) is 2.70. The average Bonchev–Trinajstić information content (AvgIpc) is 2.66. The number of nitrogens with one attached hydrogen (secondary N) is 1. The van der Waals surface area contributed by atoms with E-state index in [0.717, 1.165) is 31.4 Å². The smallest absolute Gasteiger partial charge is 0.408 e. The molecule has 1 saturated heterocycles. The van der Waals surface area contributed by atoms with Crippen LogP contribution in [0.5, 0.6) is 0 Å². The molecular formula is C13H17ClN2O2. The molecule has 1 aromatic heterocycles. The van der Waals surface area contributed by atoms with Gasteiger partial charge < -0.3 is 9.73 Å². The number of halogens is 1. The maximum absolute atomic E-state index is 11.6. The summed E-state index contributed by atoms with van der Waals surface area (Å²) in [6.45, 7) is 2.10. The maximum atomic E-state index is 11.6. The van der Waals surface area contributed by atoms with Crippen LogP contribution in [0.25, 0.3) is 11.1 Å². The molecule has 2 heterocycles. The predicted molar refractivity (Wildman–Crippen MR) is 73.5 cm³/mol. The van der Waals surface area contributed by atoms with E-state index < -0.39 is 0 Å². The van der Waals surface area contributed by atoms with Gasteiger partial charge in [0.15, 0.2) is 5.58 Å². The van der Waals surface area contributed by atoms with Gasteiger partial charge in [0.2, 0.25) is 0 Å². The zero-order valence-corrected chi connectivity index (χ0v) is 11.1. The van der Waals surface area contributed by atoms with E-state index in [1.54, 1.807) is 11.6 Å². The minimum absolute atomic E-state index is 0. The molecule has 5 heteroatoms. The Hall–Kier alpha value is -1.26. The third-order valence-electron chi connectivity index (χ3n) is 3.62. The SMILES string of the molecule is Cl.Cn1c(=O)oc2cccc(C3CCNCC3)c21. The fourth-order valence-corrected chi connectivity index (χ4v) is 2.70. The van der Waals surface area contributed by atoms with Crippen LogP contribution in [0.2, 0.25) is 0 Å². The summed E-state index contributed by atoms with van der Waals surface area (Å²) in [6, 6.07) is 5.96. The lowest BCUT2D eigenvalue weighted by atomic mass is 9.89. The molecule has 0 bridgehead atoms. The molecule has 0 amide bonds. The van der Waals surface area contributed by atoms with Gasteiger partial charge in [0, 0.05) is 7.05 Å². The van der Waals surface area contributed by atoms with E-state index in [4.69, 9.17) is 4.42 Å². The summed E-state index contributed by atoms with van der Waals surface area (Å²) in [5.74, 6) is 0.254. The van der Waals surface area contributed by atoms with E-state index in [-0.39, 0.29) is 18.2 Å². The van der Waals surface area contributed by atoms with Crippen molar-refractivity contribution < 1.29 is 4.42 Å². The van der Waals surface area contributed by atoms with E-state index in [9.17, 15) is 4.79 Å². The van der Waals surface area contributed by atoms with E-state index in [1.165, 1.54) is 5.56 Å². The van der Waals surface area contributed by atoms with Gasteiger partial charge in [-0.3, -0.25) is 4.57 Å². The first-order valence-electron chi connectivity index (χ1n) is 6.06. The number of piperidine rings is 1. The van der Waals surface area contributed by atoms with Crippen LogP contribution in [-0.2, 0) is 7.05 Å². The molecule has 2 aromatic rings. The van der Waals surface area contributed by atoms with Crippen molar-refractivity contribution in [2.45, 2.75) is 18.8 Å². The quantitative estimate of drug-likeness (QED) is 0.861. The lowest BCUT2D eigenvalue weighted by Crippen LogP contribution is -2.27. The third-order valence-corrected chi connectivity index (χ3v) is 3.62. The zero-order chi connectivity index (χ0) is 11.8. The monoisotopic (exact) mass is 268 g/mol. The summed E-state index contributed by atoms with van der Waals surface area (Å²) in [4.78, 5) is 11.6. The summed E-state index contributed by atoms with van der Waals surface area (Å²) in [7, 11) is 1.78. The largest absolute Gasteiger partial charge is 0.419 e. The van der Waals surface area contributed by atoms with Gasteiger partial charge in [-0.1, -0.05) is 12.1 Å². The first-order valence-corrected chi connectivity index (χ1v) is 6.06. The summed E-state index contributed by atoms with van der Waals surface area (Å²) < 4.78 is 6.84. The summed E-state index contributed by atoms with van der Waals surface area (Å²) in [5, 5.41) is 3.36. The van der Waals surface area contributed by atoms with Crippen molar-refractivity contribution >= 4 is 23.5 Å². The van der Waals surface area contributed by atoms with E-state index in [0.29, 0.717) is 11.5 Å². The molecule has 18 heavy (non-hydrogen) atoms. The second-order valence-electron chi connectivity index (χ2n) is 4.65. The van der Waals surface area contributed by atoms with Crippen LogP contribution in [0.3, 0.4) is 0 Å². The van der Waals surface area contributed by atoms with Gasteiger partial charge in [0.05, 0.1) is 5.52 Å². The number of benzene rings is 1. The molecule has 1 aromatic carbocycles. The van der Waals surface area contributed by atoms with Crippen LogP contribution < -0.4 is 11.1 Å². The normalized spacial score (nSPS) is 16.7.